The number of hydroxylamine groups is 1. The molecule has 1 aromatic heterocycles. The number of anilines is 2. The fourth-order valence-corrected chi connectivity index (χ4v) is 3.44. The van der Waals surface area contributed by atoms with E-state index in [1.807, 2.05) is 6.92 Å². The summed E-state index contributed by atoms with van der Waals surface area (Å²) in [7, 11) is 1.35. The fourth-order valence-electron chi connectivity index (χ4n) is 3.44. The van der Waals surface area contributed by atoms with Crippen molar-refractivity contribution in [2.75, 3.05) is 17.4 Å². The molecule has 1 amide bonds. The number of nitrogens with zero attached hydrogens (tertiary/aromatic N) is 3. The van der Waals surface area contributed by atoms with Crippen molar-refractivity contribution in [1.82, 2.24) is 9.97 Å². The zero-order chi connectivity index (χ0) is 25.8. The largest absolute Gasteiger partial charge is 0.481 e. The van der Waals surface area contributed by atoms with E-state index in [4.69, 9.17) is 0 Å². The number of halogens is 3. The average molecular weight is 488 g/mol. The molecule has 35 heavy (non-hydrogen) atoms. The molecule has 184 valence electrons. The maximum Gasteiger partial charge on any atom is 0.416 e. The summed E-state index contributed by atoms with van der Waals surface area (Å²) >= 11 is 0. The predicted molar refractivity (Wildman–Crippen MR) is 122 cm³/mol. The maximum atomic E-state index is 12.7. The molecule has 3 rings (SSSR count). The zero-order valence-corrected chi connectivity index (χ0v) is 18.9. The molecule has 11 heteroatoms. The summed E-state index contributed by atoms with van der Waals surface area (Å²) < 4.78 is 38.1. The Morgan fingerprint density at radius 3 is 2.17 bits per heavy atom. The third-order valence-electron chi connectivity index (χ3n) is 5.14. The smallest absolute Gasteiger partial charge is 0.416 e. The number of aryl methyl sites for hydroxylation is 1. The molecule has 2 aromatic carbocycles. The Labute approximate surface area is 199 Å². The Bertz CT molecular complexity index is 1210. The van der Waals surface area contributed by atoms with E-state index in [9.17, 15) is 33.1 Å². The molecule has 0 aliphatic rings. The minimum atomic E-state index is -4.48. The van der Waals surface area contributed by atoms with Crippen LogP contribution in [-0.4, -0.2) is 39.2 Å². The van der Waals surface area contributed by atoms with Gasteiger partial charge in [-0.15, -0.1) is 0 Å². The van der Waals surface area contributed by atoms with Crippen LogP contribution in [0.25, 0.3) is 0 Å². The van der Waals surface area contributed by atoms with Gasteiger partial charge in [-0.05, 0) is 48.4 Å². The number of amides is 1. The molecule has 3 N–H and O–H groups in total. The Morgan fingerprint density at radius 2 is 1.66 bits per heavy atom. The Hall–Kier alpha value is -3.99. The number of carbonyl (C=O) groups excluding carboxylic acids is 1. The van der Waals surface area contributed by atoms with Gasteiger partial charge >= 0.3 is 12.1 Å². The number of benzene rings is 2. The average Bonchev–Trinajstić information content (AvgIpc) is 2.80. The van der Waals surface area contributed by atoms with Crippen molar-refractivity contribution in [3.05, 3.63) is 82.3 Å². The molecule has 0 atom stereocenters. The van der Waals surface area contributed by atoms with Gasteiger partial charge in [-0.1, -0.05) is 19.1 Å². The first kappa shape index (κ1) is 25.6. The molecule has 0 spiro atoms. The van der Waals surface area contributed by atoms with E-state index >= 15 is 0 Å². The molecule has 0 unspecified atom stereocenters. The quantitative estimate of drug-likeness (QED) is 0.404. The number of carboxylic acids is 1. The van der Waals surface area contributed by atoms with Gasteiger partial charge in [0.25, 0.3) is 5.91 Å². The van der Waals surface area contributed by atoms with Crippen molar-refractivity contribution >= 4 is 23.4 Å². The standard InChI is InChI=1S/C24H23F3N4O4/c1-3-19-18(13-21(32)33)22(31(2)35)30-20(29-19)12-14-4-10-17(11-5-14)28-23(34)15-6-8-16(9-7-15)24(25,26)27/h4-11,35H,3,12-13H2,1-2H3,(H,28,34)(H,32,33). The molecule has 0 fully saturated rings. The number of carboxylic acid groups (broad SMARTS) is 1. The molecular formula is C24H23F3N4O4. The summed E-state index contributed by atoms with van der Waals surface area (Å²) in [5.41, 5.74) is 1.35. The topological polar surface area (TPSA) is 116 Å². The van der Waals surface area contributed by atoms with E-state index in [-0.39, 0.29) is 24.2 Å². The minimum absolute atomic E-state index is 0.0877. The lowest BCUT2D eigenvalue weighted by Crippen LogP contribution is -2.20. The Kier molecular flexibility index (Phi) is 7.70. The molecule has 1 heterocycles. The van der Waals surface area contributed by atoms with Gasteiger partial charge < -0.3 is 10.4 Å². The first-order valence-electron chi connectivity index (χ1n) is 10.6. The molecule has 0 saturated heterocycles. The van der Waals surface area contributed by atoms with Gasteiger partial charge in [-0.2, -0.15) is 13.2 Å². The van der Waals surface area contributed by atoms with E-state index in [1.54, 1.807) is 24.3 Å². The fraction of sp³-hybridized carbons (Fsp3) is 0.250. The normalized spacial score (nSPS) is 11.3. The van der Waals surface area contributed by atoms with E-state index < -0.39 is 23.6 Å². The van der Waals surface area contributed by atoms with Crippen LogP contribution in [0.3, 0.4) is 0 Å². The molecule has 8 nitrogen and oxygen atoms in total. The monoisotopic (exact) mass is 488 g/mol. The maximum absolute atomic E-state index is 12.7. The number of aromatic nitrogens is 2. The molecule has 0 aliphatic heterocycles. The lowest BCUT2D eigenvalue weighted by Gasteiger charge is -2.17. The van der Waals surface area contributed by atoms with Gasteiger partial charge in [0.1, 0.15) is 5.82 Å². The molecular weight excluding hydrogens is 465 g/mol. The summed E-state index contributed by atoms with van der Waals surface area (Å²) in [5.74, 6) is -1.11. The first-order chi connectivity index (χ1) is 16.5. The number of carbonyl (C=O) groups is 2. The van der Waals surface area contributed by atoms with Crippen molar-refractivity contribution in [3.8, 4) is 0 Å². The van der Waals surface area contributed by atoms with Crippen molar-refractivity contribution in [1.29, 1.82) is 0 Å². The Morgan fingerprint density at radius 1 is 1.03 bits per heavy atom. The second kappa shape index (κ2) is 10.5. The van der Waals surface area contributed by atoms with E-state index in [2.05, 4.69) is 15.3 Å². The number of aliphatic carboxylic acids is 1. The molecule has 0 saturated carbocycles. The third kappa shape index (κ3) is 6.54. The summed E-state index contributed by atoms with van der Waals surface area (Å²) in [6, 6.07) is 10.6. The van der Waals surface area contributed by atoms with Gasteiger partial charge in [0, 0.05) is 36.0 Å². The van der Waals surface area contributed by atoms with Gasteiger partial charge in [-0.25, -0.2) is 15.0 Å². The highest BCUT2D eigenvalue weighted by molar-refractivity contribution is 6.04. The van der Waals surface area contributed by atoms with Crippen LogP contribution in [0.4, 0.5) is 24.7 Å². The van der Waals surface area contributed by atoms with Crippen LogP contribution in [0, 0.1) is 0 Å². The number of nitrogens with one attached hydrogen (secondary N) is 1. The van der Waals surface area contributed by atoms with Crippen LogP contribution in [0.1, 0.15) is 45.5 Å². The molecule has 3 aromatic rings. The minimum Gasteiger partial charge on any atom is -0.481 e. The summed E-state index contributed by atoms with van der Waals surface area (Å²) in [6.45, 7) is 1.83. The van der Waals surface area contributed by atoms with Crippen LogP contribution < -0.4 is 10.4 Å². The van der Waals surface area contributed by atoms with Crippen molar-refractivity contribution in [2.45, 2.75) is 32.4 Å². The lowest BCUT2D eigenvalue weighted by atomic mass is 10.1. The van der Waals surface area contributed by atoms with Gasteiger partial charge in [-0.3, -0.25) is 14.8 Å². The number of hydrogen-bond donors (Lipinski definition) is 3. The second-order valence-electron chi connectivity index (χ2n) is 7.74. The van der Waals surface area contributed by atoms with Crippen LogP contribution in [-0.2, 0) is 30.2 Å². The molecule has 0 aliphatic carbocycles. The summed E-state index contributed by atoms with van der Waals surface area (Å²) in [4.78, 5) is 32.3. The number of rotatable bonds is 8. The number of hydrogen-bond acceptors (Lipinski definition) is 6. The van der Waals surface area contributed by atoms with Crippen molar-refractivity contribution in [2.24, 2.45) is 0 Å². The first-order valence-corrected chi connectivity index (χ1v) is 10.6. The summed E-state index contributed by atoms with van der Waals surface area (Å²) in [5, 5.41) is 22.5. The predicted octanol–water partition coefficient (Wildman–Crippen LogP) is 4.35. The van der Waals surface area contributed by atoms with E-state index in [1.165, 1.54) is 7.05 Å². The highest BCUT2D eigenvalue weighted by Crippen LogP contribution is 2.29. The second-order valence-corrected chi connectivity index (χ2v) is 7.74. The van der Waals surface area contributed by atoms with E-state index in [0.29, 0.717) is 29.2 Å². The third-order valence-corrected chi connectivity index (χ3v) is 5.14. The SMILES string of the molecule is CCc1nc(Cc2ccc(NC(=O)c3ccc(C(F)(F)F)cc3)cc2)nc(N(C)O)c1CC(=O)O. The van der Waals surface area contributed by atoms with E-state index in [0.717, 1.165) is 34.9 Å². The van der Waals surface area contributed by atoms with Crippen LogP contribution in [0.15, 0.2) is 48.5 Å². The Balaban J connectivity index is 1.74. The van der Waals surface area contributed by atoms with Crippen LogP contribution in [0.5, 0.6) is 0 Å². The zero-order valence-electron chi connectivity index (χ0n) is 18.9. The van der Waals surface area contributed by atoms with Gasteiger partial charge in [0.05, 0.1) is 12.0 Å². The van der Waals surface area contributed by atoms with Gasteiger partial charge in [0.2, 0.25) is 0 Å². The molecule has 0 radical (unpaired) electrons. The van der Waals surface area contributed by atoms with Gasteiger partial charge in [0.15, 0.2) is 5.82 Å². The molecule has 0 bridgehead atoms. The highest BCUT2D eigenvalue weighted by Gasteiger charge is 2.30. The van der Waals surface area contributed by atoms with Crippen molar-refractivity contribution < 1.29 is 33.1 Å². The lowest BCUT2D eigenvalue weighted by molar-refractivity contribution is -0.138. The van der Waals surface area contributed by atoms with Crippen molar-refractivity contribution in [3.63, 3.8) is 0 Å². The van der Waals surface area contributed by atoms with Crippen LogP contribution >= 0.6 is 0 Å². The number of alkyl halides is 3. The van der Waals surface area contributed by atoms with Crippen LogP contribution in [0.2, 0.25) is 0 Å². The highest BCUT2D eigenvalue weighted by atomic mass is 19.4. The summed E-state index contributed by atoms with van der Waals surface area (Å²) in [6.07, 6.45) is -4.06.